The van der Waals surface area contributed by atoms with Crippen LogP contribution < -0.4 is 5.32 Å². The molecule has 3 heteroatoms. The first-order chi connectivity index (χ1) is 8.27. The van der Waals surface area contributed by atoms with Gasteiger partial charge in [-0.05, 0) is 39.2 Å². The lowest BCUT2D eigenvalue weighted by molar-refractivity contribution is 0.340. The Morgan fingerprint density at radius 3 is 2.71 bits per heavy atom. The van der Waals surface area contributed by atoms with Gasteiger partial charge in [0.2, 0.25) is 0 Å². The minimum atomic E-state index is 0.925. The normalized spacial score (nSPS) is 17.5. The smallest absolute Gasteiger partial charge is 0.0951 e. The van der Waals surface area contributed by atoms with Crippen LogP contribution in [0, 0.1) is 19.8 Å². The molecule has 1 aliphatic rings. The van der Waals surface area contributed by atoms with Crippen LogP contribution in [-0.2, 0) is 6.54 Å². The fourth-order valence-corrected chi connectivity index (χ4v) is 2.67. The molecule has 0 saturated heterocycles. The summed E-state index contributed by atoms with van der Waals surface area (Å²) in [5.41, 5.74) is 2.45. The summed E-state index contributed by atoms with van der Waals surface area (Å²) < 4.78 is 2.24. The van der Waals surface area contributed by atoms with Crippen molar-refractivity contribution < 1.29 is 0 Å². The topological polar surface area (TPSA) is 29.9 Å². The number of nitrogens with one attached hydrogen (secondary N) is 1. The highest BCUT2D eigenvalue weighted by molar-refractivity contribution is 5.08. The summed E-state index contributed by atoms with van der Waals surface area (Å²) in [6.45, 7) is 7.52. The van der Waals surface area contributed by atoms with E-state index in [2.05, 4.69) is 28.7 Å². The van der Waals surface area contributed by atoms with Crippen molar-refractivity contribution in [3.63, 3.8) is 0 Å². The number of nitrogens with zero attached hydrogens (tertiary/aromatic N) is 2. The largest absolute Gasteiger partial charge is 0.333 e. The van der Waals surface area contributed by atoms with Gasteiger partial charge < -0.3 is 9.88 Å². The molecule has 1 saturated carbocycles. The van der Waals surface area contributed by atoms with Crippen molar-refractivity contribution in [2.24, 2.45) is 5.92 Å². The molecule has 96 valence electrons. The second-order valence-corrected chi connectivity index (χ2v) is 5.32. The second-order valence-electron chi connectivity index (χ2n) is 5.32. The van der Waals surface area contributed by atoms with Gasteiger partial charge in [-0.15, -0.1) is 0 Å². The van der Waals surface area contributed by atoms with E-state index in [1.54, 1.807) is 0 Å². The van der Waals surface area contributed by atoms with Gasteiger partial charge in [0.15, 0.2) is 0 Å². The van der Waals surface area contributed by atoms with Crippen molar-refractivity contribution in [2.75, 3.05) is 13.1 Å². The zero-order valence-corrected chi connectivity index (χ0v) is 11.2. The van der Waals surface area contributed by atoms with Crippen LogP contribution in [0.2, 0.25) is 0 Å². The Balaban J connectivity index is 1.64. The van der Waals surface area contributed by atoms with E-state index in [4.69, 9.17) is 0 Å². The van der Waals surface area contributed by atoms with Crippen LogP contribution in [0.15, 0.2) is 6.33 Å². The minimum Gasteiger partial charge on any atom is -0.333 e. The van der Waals surface area contributed by atoms with Crippen LogP contribution in [0.3, 0.4) is 0 Å². The van der Waals surface area contributed by atoms with E-state index in [0.29, 0.717) is 0 Å². The Morgan fingerprint density at radius 2 is 2.06 bits per heavy atom. The van der Waals surface area contributed by atoms with Gasteiger partial charge in [0.05, 0.1) is 12.0 Å². The Hall–Kier alpha value is -0.830. The van der Waals surface area contributed by atoms with Gasteiger partial charge >= 0.3 is 0 Å². The van der Waals surface area contributed by atoms with E-state index in [1.165, 1.54) is 44.3 Å². The molecule has 0 atom stereocenters. The Labute approximate surface area is 105 Å². The Kier molecular flexibility index (Phi) is 4.60. The molecule has 1 heterocycles. The van der Waals surface area contributed by atoms with Crippen LogP contribution in [-0.4, -0.2) is 22.6 Å². The molecule has 0 spiro atoms. The van der Waals surface area contributed by atoms with E-state index in [9.17, 15) is 0 Å². The monoisotopic (exact) mass is 235 g/mol. The third kappa shape index (κ3) is 3.56. The molecule has 0 amide bonds. The lowest BCUT2D eigenvalue weighted by Crippen LogP contribution is -2.27. The minimum absolute atomic E-state index is 0.925. The predicted molar refractivity (Wildman–Crippen MR) is 71.1 cm³/mol. The van der Waals surface area contributed by atoms with E-state index in [0.717, 1.165) is 24.7 Å². The molecule has 0 unspecified atom stereocenters. The first-order valence-corrected chi connectivity index (χ1v) is 6.96. The van der Waals surface area contributed by atoms with Crippen molar-refractivity contribution >= 4 is 0 Å². The molecule has 1 fully saturated rings. The fraction of sp³-hybridized carbons (Fsp3) is 0.786. The average molecular weight is 235 g/mol. The van der Waals surface area contributed by atoms with E-state index in [1.807, 2.05) is 6.33 Å². The maximum absolute atomic E-state index is 4.32. The standard InChI is InChI=1S/C14H25N3/c1-12-13(2)17(11-16-12)9-8-15-10-14-6-4-3-5-7-14/h11,14-15H,3-10H2,1-2H3. The highest BCUT2D eigenvalue weighted by atomic mass is 15.1. The highest BCUT2D eigenvalue weighted by Gasteiger charge is 2.12. The second kappa shape index (κ2) is 6.20. The van der Waals surface area contributed by atoms with Gasteiger partial charge in [-0.2, -0.15) is 0 Å². The van der Waals surface area contributed by atoms with E-state index < -0.39 is 0 Å². The molecule has 1 N–H and O–H groups in total. The highest BCUT2D eigenvalue weighted by Crippen LogP contribution is 2.22. The molecule has 1 aliphatic carbocycles. The van der Waals surface area contributed by atoms with Crippen LogP contribution in [0.5, 0.6) is 0 Å². The van der Waals surface area contributed by atoms with Crippen LogP contribution in [0.1, 0.15) is 43.5 Å². The molecular weight excluding hydrogens is 210 g/mol. The predicted octanol–water partition coefficient (Wildman–Crippen LogP) is 2.67. The van der Waals surface area contributed by atoms with Crippen molar-refractivity contribution in [1.29, 1.82) is 0 Å². The number of aryl methyl sites for hydroxylation is 1. The van der Waals surface area contributed by atoms with Gasteiger partial charge in [-0.25, -0.2) is 4.98 Å². The molecule has 1 aromatic heterocycles. The van der Waals surface area contributed by atoms with Gasteiger partial charge in [0.25, 0.3) is 0 Å². The summed E-state index contributed by atoms with van der Waals surface area (Å²) in [4.78, 5) is 4.32. The summed E-state index contributed by atoms with van der Waals surface area (Å²) >= 11 is 0. The average Bonchev–Trinajstić information content (AvgIpc) is 2.67. The summed E-state index contributed by atoms with van der Waals surface area (Å²) in [5.74, 6) is 0.925. The third-order valence-corrected chi connectivity index (χ3v) is 4.03. The van der Waals surface area contributed by atoms with E-state index in [-0.39, 0.29) is 0 Å². The van der Waals surface area contributed by atoms with Crippen molar-refractivity contribution in [1.82, 2.24) is 14.9 Å². The molecule has 17 heavy (non-hydrogen) atoms. The van der Waals surface area contributed by atoms with Crippen molar-refractivity contribution in [3.8, 4) is 0 Å². The van der Waals surface area contributed by atoms with Crippen molar-refractivity contribution in [2.45, 2.75) is 52.5 Å². The molecule has 0 aliphatic heterocycles. The zero-order chi connectivity index (χ0) is 12.1. The van der Waals surface area contributed by atoms with Gasteiger partial charge in [0, 0.05) is 18.8 Å². The summed E-state index contributed by atoms with van der Waals surface area (Å²) in [5, 5.41) is 3.59. The van der Waals surface area contributed by atoms with Crippen molar-refractivity contribution in [3.05, 3.63) is 17.7 Å². The molecule has 2 rings (SSSR count). The number of aromatic nitrogens is 2. The van der Waals surface area contributed by atoms with Gasteiger partial charge in [-0.3, -0.25) is 0 Å². The van der Waals surface area contributed by atoms with E-state index >= 15 is 0 Å². The van der Waals surface area contributed by atoms with Crippen LogP contribution in [0.4, 0.5) is 0 Å². The number of hydrogen-bond donors (Lipinski definition) is 1. The molecule has 3 nitrogen and oxygen atoms in total. The number of imidazole rings is 1. The maximum Gasteiger partial charge on any atom is 0.0951 e. The summed E-state index contributed by atoms with van der Waals surface area (Å²) in [7, 11) is 0. The fourth-order valence-electron chi connectivity index (χ4n) is 2.67. The Bertz CT molecular complexity index is 337. The molecule has 1 aromatic rings. The van der Waals surface area contributed by atoms with Gasteiger partial charge in [0.1, 0.15) is 0 Å². The lowest BCUT2D eigenvalue weighted by Gasteiger charge is -2.21. The first kappa shape index (κ1) is 12.6. The number of hydrogen-bond acceptors (Lipinski definition) is 2. The summed E-state index contributed by atoms with van der Waals surface area (Å²) in [6, 6.07) is 0. The zero-order valence-electron chi connectivity index (χ0n) is 11.2. The molecule has 0 aromatic carbocycles. The maximum atomic E-state index is 4.32. The molecule has 0 radical (unpaired) electrons. The molecular formula is C14H25N3. The molecule has 0 bridgehead atoms. The first-order valence-electron chi connectivity index (χ1n) is 6.96. The quantitative estimate of drug-likeness (QED) is 0.795. The van der Waals surface area contributed by atoms with Gasteiger partial charge in [-0.1, -0.05) is 19.3 Å². The Morgan fingerprint density at radius 1 is 1.29 bits per heavy atom. The SMILES string of the molecule is Cc1ncn(CCNCC2CCCCC2)c1C. The lowest BCUT2D eigenvalue weighted by atomic mass is 9.89. The van der Waals surface area contributed by atoms with Crippen LogP contribution >= 0.6 is 0 Å². The summed E-state index contributed by atoms with van der Waals surface area (Å²) in [6.07, 6.45) is 9.13. The third-order valence-electron chi connectivity index (χ3n) is 4.03. The number of rotatable bonds is 5. The van der Waals surface area contributed by atoms with Crippen LogP contribution in [0.25, 0.3) is 0 Å².